The van der Waals surface area contributed by atoms with E-state index >= 15 is 0 Å². The smallest absolute Gasteiger partial charge is 0.224 e. The summed E-state index contributed by atoms with van der Waals surface area (Å²) in [5, 5.41) is 5.98. The fourth-order valence-electron chi connectivity index (χ4n) is 3.53. The van der Waals surface area contributed by atoms with Gasteiger partial charge in [0.25, 0.3) is 0 Å². The van der Waals surface area contributed by atoms with Gasteiger partial charge in [-0.1, -0.05) is 39.8 Å². The van der Waals surface area contributed by atoms with Gasteiger partial charge in [0.15, 0.2) is 0 Å². The number of hydrogen-bond donors (Lipinski definition) is 2. The maximum atomic E-state index is 12.0. The summed E-state index contributed by atoms with van der Waals surface area (Å²) in [5.74, 6) is 0.784. The summed E-state index contributed by atoms with van der Waals surface area (Å²) < 4.78 is 0. The van der Waals surface area contributed by atoms with E-state index in [-0.39, 0.29) is 11.8 Å². The molecule has 1 aliphatic carbocycles. The maximum absolute atomic E-state index is 12.0. The molecular weight excluding hydrogens is 336 g/mol. The first-order chi connectivity index (χ1) is 12.8. The highest BCUT2D eigenvalue weighted by Crippen LogP contribution is 2.39. The predicted octanol–water partition coefficient (Wildman–Crippen LogP) is 5.23. The van der Waals surface area contributed by atoms with Crippen LogP contribution in [0.4, 0.5) is 11.4 Å². The van der Waals surface area contributed by atoms with Gasteiger partial charge in [-0.25, -0.2) is 0 Å². The lowest BCUT2D eigenvalue weighted by Gasteiger charge is -2.09. The van der Waals surface area contributed by atoms with Gasteiger partial charge in [0.1, 0.15) is 0 Å². The lowest BCUT2D eigenvalue weighted by molar-refractivity contribution is -0.117. The second-order valence-electron chi connectivity index (χ2n) is 8.21. The van der Waals surface area contributed by atoms with E-state index in [9.17, 15) is 9.59 Å². The average Bonchev–Trinajstić information content (AvgIpc) is 2.89. The van der Waals surface area contributed by atoms with Crippen molar-refractivity contribution >= 4 is 23.2 Å². The summed E-state index contributed by atoms with van der Waals surface area (Å²) >= 11 is 0. The highest BCUT2D eigenvalue weighted by molar-refractivity contribution is 5.93. The van der Waals surface area contributed by atoms with Crippen LogP contribution in [0.5, 0.6) is 0 Å². The highest BCUT2D eigenvalue weighted by Gasteiger charge is 2.20. The topological polar surface area (TPSA) is 58.2 Å². The van der Waals surface area contributed by atoms with Crippen LogP contribution in [0.1, 0.15) is 51.7 Å². The Morgan fingerprint density at radius 2 is 1.19 bits per heavy atom. The molecule has 0 atom stereocenters. The van der Waals surface area contributed by atoms with Gasteiger partial charge in [-0.3, -0.25) is 9.59 Å². The number of carbonyl (C=O) groups excluding carboxylic acids is 2. The first-order valence-corrected chi connectivity index (χ1v) is 9.67. The Morgan fingerprint density at radius 1 is 0.778 bits per heavy atom. The van der Waals surface area contributed by atoms with Crippen LogP contribution < -0.4 is 10.6 Å². The van der Waals surface area contributed by atoms with Gasteiger partial charge in [-0.05, 0) is 64.8 Å². The third-order valence-corrected chi connectivity index (χ3v) is 4.64. The van der Waals surface area contributed by atoms with E-state index in [0.29, 0.717) is 24.7 Å². The molecule has 142 valence electrons. The monoisotopic (exact) mass is 364 g/mol. The van der Waals surface area contributed by atoms with Crippen molar-refractivity contribution in [3.05, 3.63) is 47.5 Å². The van der Waals surface area contributed by atoms with Crippen molar-refractivity contribution < 1.29 is 9.59 Å². The van der Waals surface area contributed by atoms with E-state index in [2.05, 4.69) is 34.9 Å². The van der Waals surface area contributed by atoms with Gasteiger partial charge >= 0.3 is 0 Å². The molecule has 27 heavy (non-hydrogen) atoms. The van der Waals surface area contributed by atoms with Crippen LogP contribution in [-0.4, -0.2) is 11.8 Å². The van der Waals surface area contributed by atoms with Crippen LogP contribution in [-0.2, 0) is 16.0 Å². The highest BCUT2D eigenvalue weighted by atomic mass is 16.2. The Morgan fingerprint density at radius 3 is 1.56 bits per heavy atom. The third kappa shape index (κ3) is 4.76. The zero-order valence-electron chi connectivity index (χ0n) is 16.6. The quantitative estimate of drug-likeness (QED) is 0.629. The zero-order chi connectivity index (χ0) is 19.6. The summed E-state index contributed by atoms with van der Waals surface area (Å²) in [6.07, 6.45) is 1.86. The molecule has 0 saturated carbocycles. The van der Waals surface area contributed by atoms with Crippen molar-refractivity contribution in [3.63, 3.8) is 0 Å². The Balaban J connectivity index is 1.73. The second kappa shape index (κ2) is 7.95. The Kier molecular flexibility index (Phi) is 5.64. The first kappa shape index (κ1) is 19.2. The fourth-order valence-corrected chi connectivity index (χ4v) is 3.53. The molecule has 0 spiro atoms. The predicted molar refractivity (Wildman–Crippen MR) is 111 cm³/mol. The van der Waals surface area contributed by atoms with E-state index < -0.39 is 0 Å². The summed E-state index contributed by atoms with van der Waals surface area (Å²) in [4.78, 5) is 24.0. The van der Waals surface area contributed by atoms with Crippen molar-refractivity contribution in [3.8, 4) is 11.1 Å². The SMILES string of the molecule is CC(C)CC(=O)Nc1ccc2c(c1)Cc1cc(NC(=O)CC(C)C)ccc1-2. The summed E-state index contributed by atoms with van der Waals surface area (Å²) in [6, 6.07) is 12.2. The largest absolute Gasteiger partial charge is 0.326 e. The number of rotatable bonds is 6. The van der Waals surface area contributed by atoms with Crippen molar-refractivity contribution in [2.24, 2.45) is 11.8 Å². The lowest BCUT2D eigenvalue weighted by atomic mass is 10.0. The number of amides is 2. The Hall–Kier alpha value is -2.62. The van der Waals surface area contributed by atoms with E-state index in [1.165, 1.54) is 22.3 Å². The van der Waals surface area contributed by atoms with Crippen LogP contribution in [0, 0.1) is 11.8 Å². The molecule has 0 radical (unpaired) electrons. The summed E-state index contributed by atoms with van der Waals surface area (Å²) in [5.41, 5.74) is 6.50. The van der Waals surface area contributed by atoms with Crippen molar-refractivity contribution in [2.45, 2.75) is 47.0 Å². The third-order valence-electron chi connectivity index (χ3n) is 4.64. The molecule has 0 aliphatic heterocycles. The number of fused-ring (bicyclic) bond motifs is 3. The van der Waals surface area contributed by atoms with Crippen LogP contribution in [0.25, 0.3) is 11.1 Å². The standard InChI is InChI=1S/C23H28N2O2/c1-14(2)9-22(26)24-18-5-7-20-16(12-18)11-17-13-19(6-8-21(17)20)25-23(27)10-15(3)4/h5-8,12-15H,9-11H2,1-4H3,(H,24,26)(H,25,27). The van der Waals surface area contributed by atoms with Gasteiger partial charge < -0.3 is 10.6 Å². The van der Waals surface area contributed by atoms with Crippen LogP contribution in [0.3, 0.4) is 0 Å². The van der Waals surface area contributed by atoms with Crippen molar-refractivity contribution in [2.75, 3.05) is 10.6 Å². The number of nitrogens with one attached hydrogen (secondary N) is 2. The minimum Gasteiger partial charge on any atom is -0.326 e. The number of anilines is 2. The molecule has 2 aromatic carbocycles. The second-order valence-corrected chi connectivity index (χ2v) is 8.21. The van der Waals surface area contributed by atoms with Crippen LogP contribution >= 0.6 is 0 Å². The molecular formula is C23H28N2O2. The maximum Gasteiger partial charge on any atom is 0.224 e. The van der Waals surface area contributed by atoms with E-state index in [0.717, 1.165) is 17.8 Å². The molecule has 0 fully saturated rings. The molecule has 2 aromatic rings. The zero-order valence-corrected chi connectivity index (χ0v) is 16.6. The molecule has 0 aromatic heterocycles. The molecule has 2 N–H and O–H groups in total. The van der Waals surface area contributed by atoms with Gasteiger partial charge in [-0.15, -0.1) is 0 Å². The van der Waals surface area contributed by atoms with Crippen molar-refractivity contribution in [1.29, 1.82) is 0 Å². The number of benzene rings is 2. The van der Waals surface area contributed by atoms with E-state index in [1.54, 1.807) is 0 Å². The molecule has 1 aliphatic rings. The van der Waals surface area contributed by atoms with Crippen LogP contribution in [0.15, 0.2) is 36.4 Å². The molecule has 2 amide bonds. The Bertz CT molecular complexity index is 797. The average molecular weight is 364 g/mol. The molecule has 3 rings (SSSR count). The van der Waals surface area contributed by atoms with Gasteiger partial charge in [0, 0.05) is 24.2 Å². The molecule has 4 nitrogen and oxygen atoms in total. The van der Waals surface area contributed by atoms with Gasteiger partial charge in [0.2, 0.25) is 11.8 Å². The Labute approximate surface area is 161 Å². The van der Waals surface area contributed by atoms with Crippen molar-refractivity contribution in [1.82, 2.24) is 0 Å². The molecule has 0 heterocycles. The minimum absolute atomic E-state index is 0.0515. The van der Waals surface area contributed by atoms with Gasteiger partial charge in [0.05, 0.1) is 0 Å². The lowest BCUT2D eigenvalue weighted by Crippen LogP contribution is -2.13. The van der Waals surface area contributed by atoms with E-state index in [1.807, 2.05) is 39.8 Å². The van der Waals surface area contributed by atoms with Crippen LogP contribution in [0.2, 0.25) is 0 Å². The minimum atomic E-state index is 0.0515. The molecule has 4 heteroatoms. The normalized spacial score (nSPS) is 12.1. The summed E-state index contributed by atoms with van der Waals surface area (Å²) in [6.45, 7) is 8.15. The number of hydrogen-bond acceptors (Lipinski definition) is 2. The summed E-state index contributed by atoms with van der Waals surface area (Å²) in [7, 11) is 0. The number of carbonyl (C=O) groups is 2. The van der Waals surface area contributed by atoms with Gasteiger partial charge in [-0.2, -0.15) is 0 Å². The molecule has 0 bridgehead atoms. The van der Waals surface area contributed by atoms with E-state index in [4.69, 9.17) is 0 Å². The molecule has 0 saturated heterocycles. The fraction of sp³-hybridized carbons (Fsp3) is 0.391. The first-order valence-electron chi connectivity index (χ1n) is 9.67. The molecule has 0 unspecified atom stereocenters.